The number of hydrogen-bond acceptors (Lipinski definition) is 1. The maximum atomic E-state index is 12.8. The second-order valence-electron chi connectivity index (χ2n) is 5.18. The first-order valence-corrected chi connectivity index (χ1v) is 7.92. The molecule has 1 saturated carbocycles. The molecule has 0 heterocycles. The third-order valence-electron chi connectivity index (χ3n) is 3.90. The van der Waals surface area contributed by atoms with Crippen LogP contribution >= 0.6 is 15.9 Å². The quantitative estimate of drug-likeness (QED) is 0.838. The molecule has 2 atom stereocenters. The highest BCUT2D eigenvalue weighted by Crippen LogP contribution is 2.30. The first kappa shape index (κ1) is 14.5. The van der Waals surface area contributed by atoms with Gasteiger partial charge in [-0.3, -0.25) is 4.79 Å². The molecule has 104 valence electrons. The zero-order chi connectivity index (χ0) is 13.7. The van der Waals surface area contributed by atoms with E-state index in [4.69, 9.17) is 0 Å². The van der Waals surface area contributed by atoms with E-state index in [2.05, 4.69) is 21.2 Å². The van der Waals surface area contributed by atoms with E-state index in [1.807, 2.05) is 0 Å². The first-order valence-electron chi connectivity index (χ1n) is 6.80. The van der Waals surface area contributed by atoms with Gasteiger partial charge in [-0.2, -0.15) is 0 Å². The van der Waals surface area contributed by atoms with Gasteiger partial charge in [-0.1, -0.05) is 28.8 Å². The molecule has 4 heteroatoms. The van der Waals surface area contributed by atoms with E-state index < -0.39 is 0 Å². The summed E-state index contributed by atoms with van der Waals surface area (Å²) in [6.07, 6.45) is 4.96. The molecule has 0 radical (unpaired) electrons. The summed E-state index contributed by atoms with van der Waals surface area (Å²) < 4.78 is 12.8. The van der Waals surface area contributed by atoms with E-state index in [0.29, 0.717) is 23.9 Å². The maximum absolute atomic E-state index is 12.8. The fraction of sp³-hybridized carbons (Fsp3) is 0.533. The number of amides is 1. The lowest BCUT2D eigenvalue weighted by Gasteiger charge is -2.30. The van der Waals surface area contributed by atoms with E-state index in [9.17, 15) is 9.18 Å². The first-order chi connectivity index (χ1) is 9.20. The van der Waals surface area contributed by atoms with Crippen LogP contribution in [0, 0.1) is 17.7 Å². The summed E-state index contributed by atoms with van der Waals surface area (Å²) in [5.41, 5.74) is 0.521. The molecule has 0 bridgehead atoms. The molecule has 0 aliphatic heterocycles. The Balaban J connectivity index is 1.87. The second kappa shape index (κ2) is 7.04. The summed E-state index contributed by atoms with van der Waals surface area (Å²) in [5, 5.41) is 3.97. The standard InChI is InChI=1S/C15H19BrFNO/c16-9-12-3-1-2-4-13(12)10-18-15(19)11-5-7-14(17)8-6-11/h5-8,12-13H,1-4,9-10H2,(H,18,19). The lowest BCUT2D eigenvalue weighted by Crippen LogP contribution is -2.34. The summed E-state index contributed by atoms with van der Waals surface area (Å²) in [4.78, 5) is 11.9. The van der Waals surface area contributed by atoms with Crippen molar-refractivity contribution in [2.45, 2.75) is 25.7 Å². The highest BCUT2D eigenvalue weighted by Gasteiger charge is 2.24. The number of carbonyl (C=O) groups excluding carboxylic acids is 1. The van der Waals surface area contributed by atoms with Crippen molar-refractivity contribution >= 4 is 21.8 Å². The summed E-state index contributed by atoms with van der Waals surface area (Å²) >= 11 is 3.56. The van der Waals surface area contributed by atoms with Crippen LogP contribution in [-0.4, -0.2) is 17.8 Å². The minimum Gasteiger partial charge on any atom is -0.352 e. The SMILES string of the molecule is O=C(NCC1CCCCC1CBr)c1ccc(F)cc1. The Kier molecular flexibility index (Phi) is 5.37. The number of alkyl halides is 1. The van der Waals surface area contributed by atoms with Gasteiger partial charge in [-0.25, -0.2) is 4.39 Å². The van der Waals surface area contributed by atoms with Crippen molar-refractivity contribution in [3.8, 4) is 0 Å². The smallest absolute Gasteiger partial charge is 0.251 e. The molecule has 1 aromatic rings. The van der Waals surface area contributed by atoms with Gasteiger partial charge >= 0.3 is 0 Å². The molecule has 2 unspecified atom stereocenters. The highest BCUT2D eigenvalue weighted by atomic mass is 79.9. The van der Waals surface area contributed by atoms with Crippen LogP contribution in [0.2, 0.25) is 0 Å². The molecule has 1 aliphatic carbocycles. The summed E-state index contributed by atoms with van der Waals surface area (Å²) in [6.45, 7) is 0.715. The monoisotopic (exact) mass is 327 g/mol. The van der Waals surface area contributed by atoms with Crippen molar-refractivity contribution in [1.82, 2.24) is 5.32 Å². The predicted molar refractivity (Wildman–Crippen MR) is 78.0 cm³/mol. The number of nitrogens with one attached hydrogen (secondary N) is 1. The fourth-order valence-corrected chi connectivity index (χ4v) is 3.54. The van der Waals surface area contributed by atoms with Gasteiger partial charge in [0.2, 0.25) is 0 Å². The van der Waals surface area contributed by atoms with Crippen molar-refractivity contribution in [3.63, 3.8) is 0 Å². The zero-order valence-electron chi connectivity index (χ0n) is 10.9. The average Bonchev–Trinajstić information content (AvgIpc) is 2.45. The number of rotatable bonds is 4. The molecule has 0 spiro atoms. The molecule has 0 aromatic heterocycles. The van der Waals surface area contributed by atoms with Gasteiger partial charge < -0.3 is 5.32 Å². The largest absolute Gasteiger partial charge is 0.352 e. The van der Waals surface area contributed by atoms with Crippen molar-refractivity contribution in [2.24, 2.45) is 11.8 Å². The molecule has 1 amide bonds. The molecule has 19 heavy (non-hydrogen) atoms. The molecule has 2 rings (SSSR count). The van der Waals surface area contributed by atoms with Crippen LogP contribution in [0.4, 0.5) is 4.39 Å². The Morgan fingerprint density at radius 1 is 1.21 bits per heavy atom. The molecule has 1 aliphatic rings. The van der Waals surface area contributed by atoms with Crippen LogP contribution in [0.5, 0.6) is 0 Å². The van der Waals surface area contributed by atoms with Gasteiger partial charge in [0.25, 0.3) is 5.91 Å². The van der Waals surface area contributed by atoms with Gasteiger partial charge in [0.15, 0.2) is 0 Å². The topological polar surface area (TPSA) is 29.1 Å². The number of benzene rings is 1. The second-order valence-corrected chi connectivity index (χ2v) is 5.82. The number of carbonyl (C=O) groups is 1. The van der Waals surface area contributed by atoms with E-state index in [0.717, 1.165) is 5.33 Å². The molecule has 1 N–H and O–H groups in total. The Bertz CT molecular complexity index is 421. The normalized spacial score (nSPS) is 23.1. The summed E-state index contributed by atoms with van der Waals surface area (Å²) in [5.74, 6) is 0.780. The van der Waals surface area contributed by atoms with Crippen LogP contribution in [0.15, 0.2) is 24.3 Å². The molecular weight excluding hydrogens is 309 g/mol. The summed E-state index contributed by atoms with van der Waals surface area (Å²) in [7, 11) is 0. The molecular formula is C15H19BrFNO. The Morgan fingerprint density at radius 2 is 1.84 bits per heavy atom. The fourth-order valence-electron chi connectivity index (χ4n) is 2.68. The summed E-state index contributed by atoms with van der Waals surface area (Å²) in [6, 6.07) is 5.68. The Hall–Kier alpha value is -0.900. The number of hydrogen-bond donors (Lipinski definition) is 1. The van der Waals surface area contributed by atoms with E-state index in [1.165, 1.54) is 49.9 Å². The lowest BCUT2D eigenvalue weighted by molar-refractivity contribution is 0.0937. The van der Waals surface area contributed by atoms with Crippen molar-refractivity contribution in [2.75, 3.05) is 11.9 Å². The lowest BCUT2D eigenvalue weighted by atomic mass is 9.80. The van der Waals surface area contributed by atoms with Crippen LogP contribution in [0.25, 0.3) is 0 Å². The Labute approximate surface area is 121 Å². The Morgan fingerprint density at radius 3 is 2.47 bits per heavy atom. The van der Waals surface area contributed by atoms with Crippen molar-refractivity contribution in [3.05, 3.63) is 35.6 Å². The minimum atomic E-state index is -0.316. The van der Waals surface area contributed by atoms with Crippen LogP contribution in [0.1, 0.15) is 36.0 Å². The molecule has 1 fully saturated rings. The third-order valence-corrected chi connectivity index (χ3v) is 4.73. The van der Waals surface area contributed by atoms with Crippen LogP contribution in [-0.2, 0) is 0 Å². The van der Waals surface area contributed by atoms with Crippen molar-refractivity contribution < 1.29 is 9.18 Å². The maximum Gasteiger partial charge on any atom is 0.251 e. The van der Waals surface area contributed by atoms with Gasteiger partial charge in [0, 0.05) is 17.4 Å². The molecule has 1 aromatic carbocycles. The van der Waals surface area contributed by atoms with Crippen molar-refractivity contribution in [1.29, 1.82) is 0 Å². The van der Waals surface area contributed by atoms with Crippen LogP contribution in [0.3, 0.4) is 0 Å². The van der Waals surface area contributed by atoms with Gasteiger partial charge in [0.1, 0.15) is 5.82 Å². The highest BCUT2D eigenvalue weighted by molar-refractivity contribution is 9.09. The van der Waals surface area contributed by atoms with E-state index in [-0.39, 0.29) is 11.7 Å². The van der Waals surface area contributed by atoms with E-state index in [1.54, 1.807) is 0 Å². The molecule has 0 saturated heterocycles. The third kappa shape index (κ3) is 4.03. The van der Waals surface area contributed by atoms with Crippen LogP contribution < -0.4 is 5.32 Å². The average molecular weight is 328 g/mol. The minimum absolute atomic E-state index is 0.112. The van der Waals surface area contributed by atoms with E-state index >= 15 is 0 Å². The number of halogens is 2. The predicted octanol–water partition coefficient (Wildman–Crippen LogP) is 3.76. The van der Waals surface area contributed by atoms with Gasteiger partial charge in [-0.15, -0.1) is 0 Å². The molecule has 2 nitrogen and oxygen atoms in total. The van der Waals surface area contributed by atoms with Gasteiger partial charge in [0.05, 0.1) is 0 Å². The van der Waals surface area contributed by atoms with Gasteiger partial charge in [-0.05, 0) is 48.9 Å². The zero-order valence-corrected chi connectivity index (χ0v) is 12.5.